The number of carbonyl (C=O) groups excluding carboxylic acids is 5. The van der Waals surface area contributed by atoms with Gasteiger partial charge in [-0.1, -0.05) is 81.4 Å². The summed E-state index contributed by atoms with van der Waals surface area (Å²) in [6.07, 6.45) is 5.93. The first-order valence-corrected chi connectivity index (χ1v) is 16.3. The van der Waals surface area contributed by atoms with Gasteiger partial charge in [0.25, 0.3) is 0 Å². The van der Waals surface area contributed by atoms with E-state index in [9.17, 15) is 24.0 Å². The fraction of sp³-hybridized carbons (Fsp3) is 0.750. The van der Waals surface area contributed by atoms with Gasteiger partial charge in [-0.15, -0.1) is 10.2 Å². The molecule has 15 heteroatoms. The molecule has 1 amide bonds. The number of anilines is 1. The molecule has 242 valence electrons. The molecule has 2 rings (SSSR count). The summed E-state index contributed by atoms with van der Waals surface area (Å²) in [5, 5.41) is 11.2. The Morgan fingerprint density at radius 3 is 1.91 bits per heavy atom. The van der Waals surface area contributed by atoms with E-state index in [0.29, 0.717) is 10.8 Å². The van der Waals surface area contributed by atoms with Crippen LogP contribution in [0.1, 0.15) is 98.8 Å². The Hall–Kier alpha value is -2.78. The highest BCUT2D eigenvalue weighted by Crippen LogP contribution is 2.39. The zero-order chi connectivity index (χ0) is 31.8. The van der Waals surface area contributed by atoms with E-state index in [1.807, 2.05) is 0 Å². The lowest BCUT2D eigenvalue weighted by Crippen LogP contribution is -2.61. The first kappa shape index (κ1) is 36.4. The summed E-state index contributed by atoms with van der Waals surface area (Å²) >= 11 is 2.10. The summed E-state index contributed by atoms with van der Waals surface area (Å²) in [5.41, 5.74) is -1.03. The molecule has 43 heavy (non-hydrogen) atoms. The minimum Gasteiger partial charge on any atom is -0.463 e. The summed E-state index contributed by atoms with van der Waals surface area (Å²) in [6.45, 7) is 6.56. The Balaban J connectivity index is 2.05. The summed E-state index contributed by atoms with van der Waals surface area (Å²) in [5.74, 6) is -2.89. The molecule has 1 aliphatic rings. The zero-order valence-electron chi connectivity index (χ0n) is 25.5. The van der Waals surface area contributed by atoms with E-state index in [1.165, 1.54) is 52.4 Å². The lowest BCUT2D eigenvalue weighted by molar-refractivity contribution is -0.237. The third-order valence-corrected chi connectivity index (χ3v) is 8.39. The molecule has 1 saturated heterocycles. The first-order chi connectivity index (χ1) is 20.5. The van der Waals surface area contributed by atoms with Crippen molar-refractivity contribution in [2.75, 3.05) is 11.9 Å². The Labute approximate surface area is 260 Å². The topological polar surface area (TPSA) is 169 Å². The number of nitrogens with zero attached hydrogens (tertiary/aromatic N) is 2. The second-order valence-corrected chi connectivity index (χ2v) is 12.5. The molecule has 13 nitrogen and oxygen atoms in total. The molecule has 0 unspecified atom stereocenters. The van der Waals surface area contributed by atoms with Crippen molar-refractivity contribution >= 4 is 58.0 Å². The monoisotopic (exact) mass is 645 g/mol. The van der Waals surface area contributed by atoms with Crippen LogP contribution >= 0.6 is 23.1 Å². The Morgan fingerprint density at radius 2 is 1.33 bits per heavy atom. The van der Waals surface area contributed by atoms with Gasteiger partial charge in [0.05, 0.1) is 0 Å². The normalized spacial score (nSPS) is 21.5. The van der Waals surface area contributed by atoms with E-state index >= 15 is 0 Å². The molecule has 0 saturated carbocycles. The van der Waals surface area contributed by atoms with Gasteiger partial charge in [0.2, 0.25) is 11.0 Å². The van der Waals surface area contributed by atoms with E-state index in [-0.39, 0.29) is 17.6 Å². The fourth-order valence-electron chi connectivity index (χ4n) is 4.47. The van der Waals surface area contributed by atoms with Crippen molar-refractivity contribution in [2.24, 2.45) is 0 Å². The standard InChI is InChI=1S/C28H43N3O10S2/c1-6-7-8-9-10-11-12-13-14-15-22(36)29-27-30-31-28(43-27)42-26-25(40-20(5)35)24(39-19(4)34)23(38-18(3)33)21(41-26)16-37-17(2)32/h21,23-26H,6-16H2,1-5H3,(H,29,30,36)/t21-,23+,24+,25-,26+/m1/s1. The van der Waals surface area contributed by atoms with Gasteiger partial charge in [-0.05, 0) is 6.42 Å². The van der Waals surface area contributed by atoms with Crippen molar-refractivity contribution < 1.29 is 47.7 Å². The van der Waals surface area contributed by atoms with Crippen molar-refractivity contribution in [3.8, 4) is 0 Å². The van der Waals surface area contributed by atoms with Crippen LogP contribution in [0.15, 0.2) is 4.34 Å². The molecule has 0 aliphatic carbocycles. The van der Waals surface area contributed by atoms with E-state index in [1.54, 1.807) is 0 Å². The molecule has 0 aromatic carbocycles. The Bertz CT molecular complexity index is 1070. The van der Waals surface area contributed by atoms with Crippen LogP contribution < -0.4 is 5.32 Å². The quantitative estimate of drug-likeness (QED) is 0.102. The van der Waals surface area contributed by atoms with Crippen molar-refractivity contribution in [3.05, 3.63) is 0 Å². The molecule has 1 aromatic heterocycles. The minimum absolute atomic E-state index is 0.164. The van der Waals surface area contributed by atoms with E-state index < -0.39 is 53.7 Å². The highest BCUT2D eigenvalue weighted by molar-refractivity contribution is 8.01. The predicted molar refractivity (Wildman–Crippen MR) is 158 cm³/mol. The van der Waals surface area contributed by atoms with Gasteiger partial charge in [-0.3, -0.25) is 24.0 Å². The molecular weight excluding hydrogens is 602 g/mol. The molecule has 1 N–H and O–H groups in total. The van der Waals surface area contributed by atoms with E-state index in [2.05, 4.69) is 22.4 Å². The lowest BCUT2D eigenvalue weighted by Gasteiger charge is -2.43. The largest absolute Gasteiger partial charge is 0.463 e. The van der Waals surface area contributed by atoms with Crippen molar-refractivity contribution in [1.29, 1.82) is 0 Å². The fourth-order valence-corrected chi connectivity index (χ4v) is 6.51. The molecule has 0 bridgehead atoms. The van der Waals surface area contributed by atoms with Gasteiger partial charge in [0, 0.05) is 34.1 Å². The first-order valence-electron chi connectivity index (χ1n) is 14.6. The van der Waals surface area contributed by atoms with Crippen LogP contribution in [-0.2, 0) is 47.7 Å². The SMILES string of the molecule is CCCCCCCCCCCC(=O)Nc1nnc(S[C@@H]2O[C@H](COC(C)=O)[C@H](OC(C)=O)[C@H](OC(C)=O)[C@H]2OC(C)=O)s1. The summed E-state index contributed by atoms with van der Waals surface area (Å²) in [6, 6.07) is 0. The summed E-state index contributed by atoms with van der Waals surface area (Å²) in [7, 11) is 0. The van der Waals surface area contributed by atoms with Crippen LogP contribution in [0.5, 0.6) is 0 Å². The maximum Gasteiger partial charge on any atom is 0.303 e. The third kappa shape index (κ3) is 14.0. The smallest absolute Gasteiger partial charge is 0.303 e. The highest BCUT2D eigenvalue weighted by Gasteiger charge is 2.52. The number of unbranched alkanes of at least 4 members (excludes halogenated alkanes) is 8. The van der Waals surface area contributed by atoms with Crippen molar-refractivity contribution in [1.82, 2.24) is 10.2 Å². The Morgan fingerprint density at radius 1 is 0.767 bits per heavy atom. The number of nitrogens with one attached hydrogen (secondary N) is 1. The number of ether oxygens (including phenoxy) is 5. The van der Waals surface area contributed by atoms with Crippen LogP contribution in [-0.4, -0.2) is 76.4 Å². The molecule has 5 atom stereocenters. The van der Waals surface area contributed by atoms with E-state index in [4.69, 9.17) is 23.7 Å². The van der Waals surface area contributed by atoms with E-state index in [0.717, 1.165) is 56.2 Å². The number of amides is 1. The van der Waals surface area contributed by atoms with Crippen LogP contribution in [0.25, 0.3) is 0 Å². The van der Waals surface area contributed by atoms with Crippen molar-refractivity contribution in [2.45, 2.75) is 133 Å². The van der Waals surface area contributed by atoms with Gasteiger partial charge in [0.15, 0.2) is 28.1 Å². The number of rotatable bonds is 18. The molecule has 1 aromatic rings. The number of esters is 4. The zero-order valence-corrected chi connectivity index (χ0v) is 27.1. The van der Waals surface area contributed by atoms with Gasteiger partial charge >= 0.3 is 23.9 Å². The van der Waals surface area contributed by atoms with Crippen LogP contribution in [0.4, 0.5) is 5.13 Å². The highest BCUT2D eigenvalue weighted by atomic mass is 32.2. The van der Waals surface area contributed by atoms with Crippen LogP contribution in [0.3, 0.4) is 0 Å². The third-order valence-electron chi connectivity index (χ3n) is 6.33. The molecule has 2 heterocycles. The number of carbonyl (C=O) groups is 5. The summed E-state index contributed by atoms with van der Waals surface area (Å²) in [4.78, 5) is 59.8. The second kappa shape index (κ2) is 19.5. The van der Waals surface area contributed by atoms with Gasteiger partial charge in [-0.25, -0.2) is 0 Å². The molecule has 0 spiro atoms. The lowest BCUT2D eigenvalue weighted by atomic mass is 9.99. The maximum atomic E-state index is 12.4. The van der Waals surface area contributed by atoms with Gasteiger partial charge < -0.3 is 29.0 Å². The number of aromatic nitrogens is 2. The number of hydrogen-bond acceptors (Lipinski definition) is 14. The molecule has 1 aliphatic heterocycles. The van der Waals surface area contributed by atoms with Crippen LogP contribution in [0, 0.1) is 0 Å². The average Bonchev–Trinajstić information content (AvgIpc) is 3.35. The van der Waals surface area contributed by atoms with Crippen LogP contribution in [0.2, 0.25) is 0 Å². The predicted octanol–water partition coefficient (Wildman–Crippen LogP) is 4.57. The number of hydrogen-bond donors (Lipinski definition) is 1. The second-order valence-electron chi connectivity index (χ2n) is 10.2. The van der Waals surface area contributed by atoms with Gasteiger partial charge in [0.1, 0.15) is 12.7 Å². The molecule has 0 radical (unpaired) electrons. The molecular formula is C28H43N3O10S2. The number of thioether (sulfide) groups is 1. The maximum absolute atomic E-state index is 12.4. The van der Waals surface area contributed by atoms with Gasteiger partial charge in [-0.2, -0.15) is 0 Å². The Kier molecular flexibility index (Phi) is 16.5. The minimum atomic E-state index is -1.28. The average molecular weight is 646 g/mol. The summed E-state index contributed by atoms with van der Waals surface area (Å²) < 4.78 is 27.8. The molecule has 1 fully saturated rings. The van der Waals surface area contributed by atoms with Crippen molar-refractivity contribution in [3.63, 3.8) is 0 Å².